The molecule has 0 saturated heterocycles. The molecule has 0 amide bonds. The number of likely N-dealkylation sites (N-methyl/N-ethyl adjacent to an activating group) is 1. The van der Waals surface area contributed by atoms with Crippen LogP contribution >= 0.6 is 0 Å². The molecule has 0 saturated carbocycles. The molecule has 3 nitrogen and oxygen atoms in total. The van der Waals surface area contributed by atoms with E-state index in [9.17, 15) is 4.39 Å². The molecule has 0 aromatic heterocycles. The molecule has 0 aliphatic carbocycles. The van der Waals surface area contributed by atoms with Crippen molar-refractivity contribution in [2.75, 3.05) is 20.8 Å². The molecule has 0 bridgehead atoms. The molecule has 0 aliphatic rings. The Labute approximate surface area is 128 Å². The first-order valence-corrected chi connectivity index (χ1v) is 7.44. The lowest BCUT2D eigenvalue weighted by Crippen LogP contribution is -2.35. The van der Waals surface area contributed by atoms with Crippen LogP contribution in [0.5, 0.6) is 0 Å². The van der Waals surface area contributed by atoms with Crippen molar-refractivity contribution in [2.45, 2.75) is 52.4 Å². The second kappa shape index (κ2) is 7.87. The zero-order valence-corrected chi connectivity index (χ0v) is 14.2. The lowest BCUT2D eigenvalue weighted by molar-refractivity contribution is 0.111. The van der Waals surface area contributed by atoms with E-state index in [1.165, 1.54) is 0 Å². The van der Waals surface area contributed by atoms with E-state index in [2.05, 4.69) is 37.9 Å². The summed E-state index contributed by atoms with van der Waals surface area (Å²) in [7, 11) is 3.67. The monoisotopic (exact) mass is 296 g/mol. The smallest absolute Gasteiger partial charge is 0.127 e. The number of benzene rings is 1. The van der Waals surface area contributed by atoms with E-state index in [0.717, 1.165) is 17.7 Å². The Balaban J connectivity index is 2.73. The van der Waals surface area contributed by atoms with Crippen molar-refractivity contribution in [1.29, 1.82) is 0 Å². The molecule has 1 atom stereocenters. The topological polar surface area (TPSA) is 24.5 Å². The third-order valence-electron chi connectivity index (χ3n) is 3.51. The van der Waals surface area contributed by atoms with Gasteiger partial charge < -0.3 is 10.1 Å². The van der Waals surface area contributed by atoms with Gasteiger partial charge in [0.25, 0.3) is 0 Å². The van der Waals surface area contributed by atoms with Crippen LogP contribution in [0.4, 0.5) is 4.39 Å². The molecule has 1 unspecified atom stereocenters. The van der Waals surface area contributed by atoms with Gasteiger partial charge in [0.15, 0.2) is 0 Å². The zero-order valence-electron chi connectivity index (χ0n) is 14.2. The SMILES string of the molecule is COCC(C)N(C)Cc1cc(CNC(C)(C)C)ccc1F. The van der Waals surface area contributed by atoms with Crippen molar-refractivity contribution in [3.8, 4) is 0 Å². The van der Waals surface area contributed by atoms with Crippen molar-refractivity contribution in [3.05, 3.63) is 35.1 Å². The van der Waals surface area contributed by atoms with Crippen LogP contribution in [0.1, 0.15) is 38.8 Å². The van der Waals surface area contributed by atoms with Crippen molar-refractivity contribution >= 4 is 0 Å². The Kier molecular flexibility index (Phi) is 6.78. The minimum absolute atomic E-state index is 0.0539. The summed E-state index contributed by atoms with van der Waals surface area (Å²) in [5.41, 5.74) is 1.89. The summed E-state index contributed by atoms with van der Waals surface area (Å²) in [6, 6.07) is 5.61. The van der Waals surface area contributed by atoms with Gasteiger partial charge in [-0.15, -0.1) is 0 Å². The first-order valence-electron chi connectivity index (χ1n) is 7.44. The third-order valence-corrected chi connectivity index (χ3v) is 3.51. The molecule has 0 radical (unpaired) electrons. The van der Waals surface area contributed by atoms with Gasteiger partial charge in [-0.25, -0.2) is 4.39 Å². The maximum atomic E-state index is 14.0. The van der Waals surface area contributed by atoms with Crippen LogP contribution in [-0.4, -0.2) is 37.2 Å². The quantitative estimate of drug-likeness (QED) is 0.836. The second-order valence-corrected chi connectivity index (χ2v) is 6.75. The minimum Gasteiger partial charge on any atom is -0.383 e. The third kappa shape index (κ3) is 6.55. The summed E-state index contributed by atoms with van der Waals surface area (Å²) >= 11 is 0. The fourth-order valence-corrected chi connectivity index (χ4v) is 2.02. The molecule has 0 spiro atoms. The first kappa shape index (κ1) is 18.1. The lowest BCUT2D eigenvalue weighted by atomic mass is 10.1. The average molecular weight is 296 g/mol. The van der Waals surface area contributed by atoms with Crippen LogP contribution < -0.4 is 5.32 Å². The van der Waals surface area contributed by atoms with Gasteiger partial charge in [-0.05, 0) is 46.4 Å². The number of hydrogen-bond donors (Lipinski definition) is 1. The second-order valence-electron chi connectivity index (χ2n) is 6.75. The van der Waals surface area contributed by atoms with E-state index in [4.69, 9.17) is 4.74 Å². The Hall–Kier alpha value is -0.970. The van der Waals surface area contributed by atoms with Gasteiger partial charge in [-0.2, -0.15) is 0 Å². The van der Waals surface area contributed by atoms with E-state index in [-0.39, 0.29) is 17.4 Å². The van der Waals surface area contributed by atoms with Gasteiger partial charge in [0, 0.05) is 37.3 Å². The lowest BCUT2D eigenvalue weighted by Gasteiger charge is -2.25. The summed E-state index contributed by atoms with van der Waals surface area (Å²) < 4.78 is 19.1. The van der Waals surface area contributed by atoms with E-state index >= 15 is 0 Å². The summed E-state index contributed by atoms with van der Waals surface area (Å²) in [6.07, 6.45) is 0. The highest BCUT2D eigenvalue weighted by Crippen LogP contribution is 2.15. The molecule has 1 N–H and O–H groups in total. The highest BCUT2D eigenvalue weighted by molar-refractivity contribution is 5.25. The van der Waals surface area contributed by atoms with Crippen molar-refractivity contribution in [2.24, 2.45) is 0 Å². The molecule has 0 heterocycles. The van der Waals surface area contributed by atoms with Crippen molar-refractivity contribution in [3.63, 3.8) is 0 Å². The van der Waals surface area contributed by atoms with Gasteiger partial charge >= 0.3 is 0 Å². The molecule has 1 aromatic rings. The van der Waals surface area contributed by atoms with Crippen LogP contribution in [0, 0.1) is 5.82 Å². The Morgan fingerprint density at radius 1 is 1.33 bits per heavy atom. The number of halogens is 1. The summed E-state index contributed by atoms with van der Waals surface area (Å²) in [4.78, 5) is 2.10. The van der Waals surface area contributed by atoms with E-state index in [1.807, 2.05) is 19.2 Å². The van der Waals surface area contributed by atoms with E-state index in [1.54, 1.807) is 13.2 Å². The van der Waals surface area contributed by atoms with Gasteiger partial charge in [0.2, 0.25) is 0 Å². The maximum absolute atomic E-state index is 14.0. The van der Waals surface area contributed by atoms with Gasteiger partial charge in [0.05, 0.1) is 6.61 Å². The Morgan fingerprint density at radius 2 is 2.00 bits per heavy atom. The summed E-state index contributed by atoms with van der Waals surface area (Å²) in [6.45, 7) is 10.4. The van der Waals surface area contributed by atoms with Crippen LogP contribution in [-0.2, 0) is 17.8 Å². The van der Waals surface area contributed by atoms with Crippen molar-refractivity contribution in [1.82, 2.24) is 10.2 Å². The molecular formula is C17H29FN2O. The Morgan fingerprint density at radius 3 is 2.57 bits per heavy atom. The number of methoxy groups -OCH3 is 1. The van der Waals surface area contributed by atoms with Gasteiger partial charge in [0.1, 0.15) is 5.82 Å². The normalized spacial score (nSPS) is 13.7. The molecule has 0 aliphatic heterocycles. The number of ether oxygens (including phenoxy) is 1. The highest BCUT2D eigenvalue weighted by atomic mass is 19.1. The van der Waals surface area contributed by atoms with Gasteiger partial charge in [-0.3, -0.25) is 4.90 Å². The highest BCUT2D eigenvalue weighted by Gasteiger charge is 2.13. The van der Waals surface area contributed by atoms with Crippen LogP contribution in [0.2, 0.25) is 0 Å². The predicted octanol–water partition coefficient (Wildman–Crippen LogP) is 3.18. The van der Waals surface area contributed by atoms with Crippen LogP contribution in [0.15, 0.2) is 18.2 Å². The van der Waals surface area contributed by atoms with Crippen molar-refractivity contribution < 1.29 is 9.13 Å². The molecule has 4 heteroatoms. The minimum atomic E-state index is -0.147. The fraction of sp³-hybridized carbons (Fsp3) is 0.647. The van der Waals surface area contributed by atoms with Gasteiger partial charge in [-0.1, -0.05) is 12.1 Å². The number of hydrogen-bond acceptors (Lipinski definition) is 3. The van der Waals surface area contributed by atoms with E-state index < -0.39 is 0 Å². The summed E-state index contributed by atoms with van der Waals surface area (Å²) in [5, 5.41) is 3.43. The van der Waals surface area contributed by atoms with Crippen LogP contribution in [0.3, 0.4) is 0 Å². The molecule has 120 valence electrons. The standard InChI is InChI=1S/C17H29FN2O/c1-13(12-21-6)20(5)11-15-9-14(7-8-16(15)18)10-19-17(2,3)4/h7-9,13,19H,10-12H2,1-6H3. The Bertz CT molecular complexity index is 443. The molecular weight excluding hydrogens is 267 g/mol. The van der Waals surface area contributed by atoms with Crippen LogP contribution in [0.25, 0.3) is 0 Å². The number of rotatable bonds is 7. The zero-order chi connectivity index (χ0) is 16.0. The fourth-order valence-electron chi connectivity index (χ4n) is 2.02. The predicted molar refractivity (Wildman–Crippen MR) is 85.8 cm³/mol. The maximum Gasteiger partial charge on any atom is 0.127 e. The molecule has 0 fully saturated rings. The number of nitrogens with one attached hydrogen (secondary N) is 1. The molecule has 1 rings (SSSR count). The summed E-state index contributed by atoms with van der Waals surface area (Å²) in [5.74, 6) is -0.147. The first-order chi connectivity index (χ1) is 9.73. The molecule has 1 aromatic carbocycles. The number of nitrogens with zero attached hydrogens (tertiary/aromatic N) is 1. The largest absolute Gasteiger partial charge is 0.383 e. The average Bonchev–Trinajstić information content (AvgIpc) is 2.39. The van der Waals surface area contributed by atoms with E-state index in [0.29, 0.717) is 13.2 Å². The molecule has 21 heavy (non-hydrogen) atoms.